The van der Waals surface area contributed by atoms with Gasteiger partial charge in [0.25, 0.3) is 5.91 Å². The molecule has 15 heteroatoms. The minimum Gasteiger partial charge on any atom is -0.747 e. The second-order valence-electron chi connectivity index (χ2n) is 5.07. The number of β-lactam (4-membered cyclic amide) rings is 1. The zero-order valence-electron chi connectivity index (χ0n) is 14.6. The number of hydrogen-bond donors (Lipinski definition) is 1. The van der Waals surface area contributed by atoms with Crippen LogP contribution in [0.15, 0.2) is 30.3 Å². The number of nitrogens with zero attached hydrogens (tertiary/aromatic N) is 1. The van der Waals surface area contributed by atoms with Gasteiger partial charge in [-0.3, -0.25) is 9.59 Å². The molecule has 0 saturated carbocycles. The van der Waals surface area contributed by atoms with Gasteiger partial charge in [-0.25, -0.2) is 21.1 Å². The quantitative estimate of drug-likeness (QED) is 0.196. The van der Waals surface area contributed by atoms with Crippen LogP contribution in [0.25, 0.3) is 0 Å². The summed E-state index contributed by atoms with van der Waals surface area (Å²) in [5, 5.41) is -0.287. The summed E-state index contributed by atoms with van der Waals surface area (Å²) >= 11 is 0. The van der Waals surface area contributed by atoms with Gasteiger partial charge in [0.05, 0.1) is 6.54 Å². The van der Waals surface area contributed by atoms with E-state index in [1.807, 2.05) is 5.32 Å². The largest absolute Gasteiger partial charge is 1.00 e. The monoisotopic (exact) mass is 438 g/mol. The molecule has 1 aromatic rings. The SMILES string of the molecule is CO[C@]1(NC(=O)C(c2ccccc2)S(=O)(=O)[O-])CN(S(=O)(=O)[O-])C1=O.[Na+].[Na+]. The molecule has 2 amide bonds. The first-order valence-electron chi connectivity index (χ1n) is 6.57. The predicted molar refractivity (Wildman–Crippen MR) is 78.2 cm³/mol. The van der Waals surface area contributed by atoms with Crippen LogP contribution >= 0.6 is 0 Å². The van der Waals surface area contributed by atoms with Crippen LogP contribution < -0.4 is 64.4 Å². The first-order valence-corrected chi connectivity index (χ1v) is 9.41. The Kier molecular flexibility index (Phi) is 9.61. The van der Waals surface area contributed by atoms with E-state index in [0.29, 0.717) is 0 Å². The fourth-order valence-corrected chi connectivity index (χ4v) is 3.77. The maximum absolute atomic E-state index is 12.3. The normalized spacial score (nSPS) is 20.6. The Labute approximate surface area is 200 Å². The standard InChI is InChI=1S/C12H14N2O9S2.2Na/c1-23-12(7-14(11(12)16)25(20,21)22)13-10(15)9(24(17,18)19)8-5-3-2-4-6-8;;/h2-6,9H,7H2,1H3,(H,13,15)(H,17,18,19)(H,20,21,22);;/q;2*+1/p-2/t9?,12-;;/m1../s1. The Morgan fingerprint density at radius 1 is 1.19 bits per heavy atom. The van der Waals surface area contributed by atoms with Crippen molar-refractivity contribution in [1.29, 1.82) is 0 Å². The molecule has 11 nitrogen and oxygen atoms in total. The zero-order valence-corrected chi connectivity index (χ0v) is 20.2. The molecule has 1 aliphatic rings. The molecule has 1 fully saturated rings. The van der Waals surface area contributed by atoms with Crippen LogP contribution in [-0.4, -0.2) is 61.4 Å². The van der Waals surface area contributed by atoms with Crippen molar-refractivity contribution in [3.8, 4) is 0 Å². The predicted octanol–water partition coefficient (Wildman–Crippen LogP) is -7.96. The number of carbonyl (C=O) groups is 2. The molecule has 1 saturated heterocycles. The maximum atomic E-state index is 12.3. The molecule has 1 aromatic carbocycles. The number of carbonyl (C=O) groups excluding carboxylic acids is 2. The van der Waals surface area contributed by atoms with E-state index < -0.39 is 49.8 Å². The number of benzene rings is 1. The molecule has 2 atom stereocenters. The average molecular weight is 438 g/mol. The van der Waals surface area contributed by atoms with Crippen molar-refractivity contribution >= 4 is 32.2 Å². The van der Waals surface area contributed by atoms with Gasteiger partial charge in [-0.15, -0.1) is 0 Å². The average Bonchev–Trinajstić information content (AvgIpc) is 2.49. The Bertz CT molecular complexity index is 908. The Morgan fingerprint density at radius 2 is 1.70 bits per heavy atom. The van der Waals surface area contributed by atoms with E-state index in [1.165, 1.54) is 30.3 Å². The van der Waals surface area contributed by atoms with Crippen molar-refractivity contribution in [1.82, 2.24) is 9.62 Å². The van der Waals surface area contributed by atoms with Crippen molar-refractivity contribution in [3.05, 3.63) is 35.9 Å². The van der Waals surface area contributed by atoms with E-state index in [9.17, 15) is 35.5 Å². The number of ether oxygens (including phenoxy) is 1. The summed E-state index contributed by atoms with van der Waals surface area (Å²) in [4.78, 5) is 24.2. The second kappa shape index (κ2) is 9.63. The van der Waals surface area contributed by atoms with E-state index in [4.69, 9.17) is 4.74 Å². The third-order valence-electron chi connectivity index (χ3n) is 3.51. The van der Waals surface area contributed by atoms with E-state index in [-0.39, 0.29) is 69.0 Å². The molecule has 1 unspecified atom stereocenters. The van der Waals surface area contributed by atoms with E-state index >= 15 is 0 Å². The number of methoxy groups -OCH3 is 1. The minimum absolute atomic E-state index is 0. The van der Waals surface area contributed by atoms with E-state index in [2.05, 4.69) is 0 Å². The Morgan fingerprint density at radius 3 is 2.07 bits per heavy atom. The second-order valence-corrected chi connectivity index (χ2v) is 7.83. The third-order valence-corrected chi connectivity index (χ3v) is 5.41. The smallest absolute Gasteiger partial charge is 0.747 e. The van der Waals surface area contributed by atoms with Crippen LogP contribution in [0.5, 0.6) is 0 Å². The Balaban J connectivity index is 0.00000338. The summed E-state index contributed by atoms with van der Waals surface area (Å²) < 4.78 is 71.6. The zero-order chi connectivity index (χ0) is 19.0. The van der Waals surface area contributed by atoms with Gasteiger partial charge < -0.3 is 19.2 Å². The van der Waals surface area contributed by atoms with Gasteiger partial charge in [-0.2, -0.15) is 0 Å². The molecular formula is C12H12N2Na2O9S2. The molecule has 0 spiro atoms. The maximum Gasteiger partial charge on any atom is 1.00 e. The van der Waals surface area contributed by atoms with Crippen LogP contribution in [0.4, 0.5) is 0 Å². The summed E-state index contributed by atoms with van der Waals surface area (Å²) in [6, 6.07) is 6.76. The van der Waals surface area contributed by atoms with Gasteiger partial charge in [-0.05, 0) is 5.56 Å². The van der Waals surface area contributed by atoms with Crippen LogP contribution in [0.1, 0.15) is 10.8 Å². The molecule has 1 N–H and O–H groups in total. The van der Waals surface area contributed by atoms with Crippen LogP contribution in [0.3, 0.4) is 0 Å². The van der Waals surface area contributed by atoms with Gasteiger partial charge in [0, 0.05) is 7.11 Å². The van der Waals surface area contributed by atoms with Crippen molar-refractivity contribution in [3.63, 3.8) is 0 Å². The van der Waals surface area contributed by atoms with Gasteiger partial charge >= 0.3 is 59.1 Å². The molecule has 0 bridgehead atoms. The Hall–Kier alpha value is -0.0600. The topological polar surface area (TPSA) is 173 Å². The number of hydrogen-bond acceptors (Lipinski definition) is 9. The summed E-state index contributed by atoms with van der Waals surface area (Å²) in [7, 11) is -9.33. The third kappa shape index (κ3) is 5.73. The summed E-state index contributed by atoms with van der Waals surface area (Å²) in [5.74, 6) is -2.78. The number of nitrogens with one attached hydrogen (secondary N) is 1. The summed E-state index contributed by atoms with van der Waals surface area (Å²) in [5.41, 5.74) is -2.40. The first-order chi connectivity index (χ1) is 11.4. The summed E-state index contributed by atoms with van der Waals surface area (Å²) in [6.45, 7) is -0.847. The summed E-state index contributed by atoms with van der Waals surface area (Å²) in [6.07, 6.45) is 0. The van der Waals surface area contributed by atoms with Gasteiger partial charge in [0.15, 0.2) is 15.6 Å². The van der Waals surface area contributed by atoms with E-state index in [0.717, 1.165) is 7.11 Å². The molecule has 0 radical (unpaired) electrons. The van der Waals surface area contributed by atoms with Crippen LogP contribution in [-0.2, 0) is 34.7 Å². The first kappa shape index (κ1) is 26.9. The van der Waals surface area contributed by atoms with Gasteiger partial charge in [-0.1, -0.05) is 30.3 Å². The molecule has 2 rings (SSSR count). The minimum atomic E-state index is -5.16. The number of rotatable bonds is 6. The van der Waals surface area contributed by atoms with Crippen molar-refractivity contribution in [2.45, 2.75) is 11.0 Å². The van der Waals surface area contributed by atoms with Gasteiger partial charge in [0.1, 0.15) is 10.1 Å². The van der Waals surface area contributed by atoms with Crippen LogP contribution in [0, 0.1) is 0 Å². The molecule has 138 valence electrons. The number of amides is 2. The molecule has 0 aromatic heterocycles. The van der Waals surface area contributed by atoms with Crippen molar-refractivity contribution < 1.29 is 99.4 Å². The van der Waals surface area contributed by atoms with Gasteiger partial charge in [0.2, 0.25) is 11.6 Å². The molecule has 0 aliphatic carbocycles. The molecule has 1 heterocycles. The van der Waals surface area contributed by atoms with Crippen LogP contribution in [0.2, 0.25) is 0 Å². The fraction of sp³-hybridized carbons (Fsp3) is 0.333. The molecule has 27 heavy (non-hydrogen) atoms. The molecular weight excluding hydrogens is 426 g/mol. The molecule has 1 aliphatic heterocycles. The van der Waals surface area contributed by atoms with Crippen molar-refractivity contribution in [2.24, 2.45) is 0 Å². The van der Waals surface area contributed by atoms with E-state index in [1.54, 1.807) is 0 Å². The van der Waals surface area contributed by atoms with Crippen molar-refractivity contribution in [2.75, 3.05) is 13.7 Å². The fourth-order valence-electron chi connectivity index (χ4n) is 2.27.